The summed E-state index contributed by atoms with van der Waals surface area (Å²) in [6, 6.07) is 1.98. The Morgan fingerprint density at radius 1 is 1.14 bits per heavy atom. The first-order valence-electron chi connectivity index (χ1n) is 11.4. The summed E-state index contributed by atoms with van der Waals surface area (Å²) in [6.07, 6.45) is 7.59. The number of rotatable bonds is 9. The summed E-state index contributed by atoms with van der Waals surface area (Å²) in [5, 5.41) is 10.4. The molecule has 0 bridgehead atoms. The number of fused-ring (bicyclic) bond motifs is 1. The summed E-state index contributed by atoms with van der Waals surface area (Å²) >= 11 is 0. The number of imidazole rings is 1. The highest BCUT2D eigenvalue weighted by atomic mass is 16.6. The number of hydrogen-bond acceptors (Lipinski definition) is 8. The molecule has 0 aromatic carbocycles. The molecule has 1 aliphatic rings. The molecule has 184 valence electrons. The van der Waals surface area contributed by atoms with Crippen LogP contribution in [0.25, 0.3) is 5.65 Å². The molecule has 11 nitrogen and oxygen atoms in total. The fourth-order valence-electron chi connectivity index (χ4n) is 3.59. The first kappa shape index (κ1) is 24.2. The molecule has 0 unspecified atom stereocenters. The molecule has 1 amide bonds. The van der Waals surface area contributed by atoms with Gasteiger partial charge in [-0.25, -0.2) is 14.5 Å². The number of aromatic nitrogens is 5. The number of ether oxygens (including phenoxy) is 1. The van der Waals surface area contributed by atoms with E-state index in [4.69, 9.17) is 4.74 Å². The zero-order valence-corrected chi connectivity index (χ0v) is 20.2. The molecule has 35 heavy (non-hydrogen) atoms. The number of ketones is 2. The quantitative estimate of drug-likeness (QED) is 0.360. The van der Waals surface area contributed by atoms with E-state index in [2.05, 4.69) is 20.6 Å². The SMILES string of the molecule is CC(=O)C(=O)CNC(=O)Cc1cc(C2CC2)cn2cc(Cn3cc(C(=O)OC(C)(C)C)nn3)nc12. The molecule has 3 aromatic rings. The van der Waals surface area contributed by atoms with Gasteiger partial charge in [-0.15, -0.1) is 5.10 Å². The number of pyridine rings is 1. The highest BCUT2D eigenvalue weighted by Crippen LogP contribution is 2.40. The maximum Gasteiger partial charge on any atom is 0.361 e. The van der Waals surface area contributed by atoms with E-state index in [1.807, 2.05) is 22.9 Å². The van der Waals surface area contributed by atoms with Gasteiger partial charge in [0.15, 0.2) is 11.5 Å². The highest BCUT2D eigenvalue weighted by molar-refractivity contribution is 6.37. The van der Waals surface area contributed by atoms with Crippen LogP contribution in [0.4, 0.5) is 0 Å². The maximum absolute atomic E-state index is 12.5. The molecular weight excluding hydrogens is 452 g/mol. The van der Waals surface area contributed by atoms with Crippen molar-refractivity contribution in [3.63, 3.8) is 0 Å². The predicted octanol–water partition coefficient (Wildman–Crippen LogP) is 1.62. The van der Waals surface area contributed by atoms with E-state index < -0.39 is 23.1 Å². The van der Waals surface area contributed by atoms with Crippen LogP contribution in [0.5, 0.6) is 0 Å². The second kappa shape index (κ2) is 9.40. The number of hydrogen-bond donors (Lipinski definition) is 1. The molecule has 1 fully saturated rings. The fraction of sp³-hybridized carbons (Fsp3) is 0.458. The Labute approximate surface area is 201 Å². The minimum atomic E-state index is -0.642. The van der Waals surface area contributed by atoms with Crippen molar-refractivity contribution in [1.29, 1.82) is 0 Å². The van der Waals surface area contributed by atoms with Gasteiger partial charge < -0.3 is 14.5 Å². The predicted molar refractivity (Wildman–Crippen MR) is 124 cm³/mol. The molecule has 4 rings (SSSR count). The Hall–Kier alpha value is -3.89. The Morgan fingerprint density at radius 3 is 2.54 bits per heavy atom. The van der Waals surface area contributed by atoms with Crippen molar-refractivity contribution < 1.29 is 23.9 Å². The van der Waals surface area contributed by atoms with E-state index in [1.54, 1.807) is 20.8 Å². The van der Waals surface area contributed by atoms with Crippen molar-refractivity contribution in [2.75, 3.05) is 6.54 Å². The van der Waals surface area contributed by atoms with Crippen LogP contribution < -0.4 is 5.32 Å². The number of esters is 1. The van der Waals surface area contributed by atoms with E-state index in [1.165, 1.54) is 17.8 Å². The molecule has 0 atom stereocenters. The van der Waals surface area contributed by atoms with Crippen LogP contribution in [0.1, 0.15) is 73.8 Å². The second-order valence-electron chi connectivity index (χ2n) is 9.77. The number of nitrogens with zero attached hydrogens (tertiary/aromatic N) is 5. The lowest BCUT2D eigenvalue weighted by atomic mass is 10.1. The van der Waals surface area contributed by atoms with E-state index in [-0.39, 0.29) is 31.1 Å². The standard InChI is InChI=1S/C24H28N6O5/c1-14(31)20(32)9-25-21(33)8-16-7-17(15-5-6-15)10-29-11-18(26-22(16)29)12-30-13-19(27-28-30)23(34)35-24(2,3)4/h7,10-11,13,15H,5-6,8-9,12H2,1-4H3,(H,25,33). The largest absolute Gasteiger partial charge is 0.455 e. The Bertz CT molecular complexity index is 1310. The van der Waals surface area contributed by atoms with E-state index in [9.17, 15) is 19.2 Å². The third kappa shape index (κ3) is 6.17. The molecule has 1 saturated carbocycles. The van der Waals surface area contributed by atoms with Crippen molar-refractivity contribution in [2.24, 2.45) is 0 Å². The van der Waals surface area contributed by atoms with Gasteiger partial charge in [-0.1, -0.05) is 5.21 Å². The lowest BCUT2D eigenvalue weighted by Crippen LogP contribution is -2.33. The van der Waals surface area contributed by atoms with Crippen LogP contribution in [-0.2, 0) is 32.1 Å². The zero-order valence-electron chi connectivity index (χ0n) is 20.2. The molecular formula is C24H28N6O5. The molecule has 3 heterocycles. The summed E-state index contributed by atoms with van der Waals surface area (Å²) in [4.78, 5) is 52.0. The molecule has 3 aromatic heterocycles. The average Bonchev–Trinajstić information content (AvgIpc) is 3.37. The molecule has 11 heteroatoms. The average molecular weight is 481 g/mol. The lowest BCUT2D eigenvalue weighted by Gasteiger charge is -2.18. The summed E-state index contributed by atoms with van der Waals surface area (Å²) in [6.45, 7) is 6.46. The summed E-state index contributed by atoms with van der Waals surface area (Å²) in [7, 11) is 0. The van der Waals surface area contributed by atoms with Crippen LogP contribution in [0, 0.1) is 0 Å². The molecule has 0 spiro atoms. The second-order valence-corrected chi connectivity index (χ2v) is 9.77. The smallest absolute Gasteiger partial charge is 0.361 e. The van der Waals surface area contributed by atoms with Gasteiger partial charge in [0, 0.05) is 24.9 Å². The number of carbonyl (C=O) groups excluding carboxylic acids is 4. The molecule has 0 radical (unpaired) electrons. The number of amides is 1. The van der Waals surface area contributed by atoms with Gasteiger partial charge >= 0.3 is 5.97 Å². The van der Waals surface area contributed by atoms with Crippen LogP contribution in [-0.4, -0.2) is 60.0 Å². The van der Waals surface area contributed by atoms with Gasteiger partial charge in [-0.2, -0.15) is 0 Å². The lowest BCUT2D eigenvalue weighted by molar-refractivity contribution is -0.135. The Kier molecular flexibility index (Phi) is 6.51. The molecule has 0 aliphatic heterocycles. The highest BCUT2D eigenvalue weighted by Gasteiger charge is 2.26. The van der Waals surface area contributed by atoms with Crippen molar-refractivity contribution in [1.82, 2.24) is 29.7 Å². The Balaban J connectivity index is 1.53. The topological polar surface area (TPSA) is 138 Å². The third-order valence-electron chi connectivity index (χ3n) is 5.41. The van der Waals surface area contributed by atoms with Gasteiger partial charge in [0.2, 0.25) is 11.7 Å². The van der Waals surface area contributed by atoms with E-state index in [0.717, 1.165) is 24.0 Å². The minimum Gasteiger partial charge on any atom is -0.455 e. The molecule has 1 N–H and O–H groups in total. The third-order valence-corrected chi connectivity index (χ3v) is 5.41. The normalized spacial score (nSPS) is 13.6. The fourth-order valence-corrected chi connectivity index (χ4v) is 3.59. The van der Waals surface area contributed by atoms with Crippen molar-refractivity contribution in [2.45, 2.75) is 65.0 Å². The van der Waals surface area contributed by atoms with Crippen molar-refractivity contribution in [3.8, 4) is 0 Å². The summed E-state index contributed by atoms with van der Waals surface area (Å²) < 4.78 is 8.71. The number of Topliss-reactive ketones (excluding diaryl/α,β-unsaturated/α-hetero) is 2. The Morgan fingerprint density at radius 2 is 1.89 bits per heavy atom. The van der Waals surface area contributed by atoms with E-state index in [0.29, 0.717) is 17.3 Å². The van der Waals surface area contributed by atoms with E-state index >= 15 is 0 Å². The van der Waals surface area contributed by atoms with Crippen LogP contribution in [0.2, 0.25) is 0 Å². The number of nitrogens with one attached hydrogen (secondary N) is 1. The van der Waals surface area contributed by atoms with Gasteiger partial charge in [-0.05, 0) is 51.2 Å². The van der Waals surface area contributed by atoms with Gasteiger partial charge in [-0.3, -0.25) is 14.4 Å². The maximum atomic E-state index is 12.5. The van der Waals surface area contributed by atoms with Crippen LogP contribution in [0.3, 0.4) is 0 Å². The van der Waals surface area contributed by atoms with Gasteiger partial charge in [0.05, 0.1) is 31.4 Å². The van der Waals surface area contributed by atoms with Crippen LogP contribution >= 0.6 is 0 Å². The number of carbonyl (C=O) groups is 4. The van der Waals surface area contributed by atoms with Crippen LogP contribution in [0.15, 0.2) is 24.7 Å². The van der Waals surface area contributed by atoms with Gasteiger partial charge in [0.25, 0.3) is 0 Å². The van der Waals surface area contributed by atoms with Crippen molar-refractivity contribution >= 4 is 29.1 Å². The van der Waals surface area contributed by atoms with Crippen molar-refractivity contribution in [3.05, 3.63) is 47.2 Å². The minimum absolute atomic E-state index is 0.0256. The molecule has 1 aliphatic carbocycles. The molecule has 0 saturated heterocycles. The summed E-state index contributed by atoms with van der Waals surface area (Å²) in [5.74, 6) is -1.69. The first-order chi connectivity index (χ1) is 16.5. The van der Waals surface area contributed by atoms with Gasteiger partial charge in [0.1, 0.15) is 11.2 Å². The zero-order chi connectivity index (χ0) is 25.3. The summed E-state index contributed by atoms with van der Waals surface area (Å²) in [5.41, 5.74) is 2.61. The monoisotopic (exact) mass is 480 g/mol. The first-order valence-corrected chi connectivity index (χ1v) is 11.4.